The molecule has 0 heterocycles. The first-order valence-corrected chi connectivity index (χ1v) is 18.9. The summed E-state index contributed by atoms with van der Waals surface area (Å²) in [4.78, 5) is 52.4. The molecule has 0 saturated heterocycles. The molecule has 0 spiro atoms. The van der Waals surface area contributed by atoms with E-state index >= 15 is 0 Å². The maximum Gasteiger partial charge on any atom is 0.314 e. The lowest BCUT2D eigenvalue weighted by molar-refractivity contribution is -1.07. The van der Waals surface area contributed by atoms with Crippen LogP contribution in [0.5, 0.6) is 0 Å². The molecule has 0 fully saturated rings. The summed E-state index contributed by atoms with van der Waals surface area (Å²) < 4.78 is 0.0797. The van der Waals surface area contributed by atoms with Crippen LogP contribution in [0.4, 0.5) is 0 Å². The molecular weight excluding hydrogens is 696 g/mol. The zero-order valence-corrected chi connectivity index (χ0v) is 34.1. The average Bonchev–Trinajstić information content (AvgIpc) is 3.07. The first kappa shape index (κ1) is 57.3. The van der Waals surface area contributed by atoms with Gasteiger partial charge in [-0.25, -0.2) is 9.68 Å². The number of carbonyl (C=O) groups excluding carboxylic acids is 2. The van der Waals surface area contributed by atoms with Gasteiger partial charge in [-0.05, 0) is 26.2 Å². The maximum absolute atomic E-state index is 10.4. The van der Waals surface area contributed by atoms with Crippen molar-refractivity contribution in [2.45, 2.75) is 124 Å². The van der Waals surface area contributed by atoms with Crippen LogP contribution < -0.4 is 10.2 Å². The number of hydrogen-bond donors (Lipinski definition) is 6. The zero-order valence-electron chi connectivity index (χ0n) is 34.1. The minimum atomic E-state index is -1.39. The Labute approximate surface area is 318 Å². The summed E-state index contributed by atoms with van der Waals surface area (Å²) in [5, 5.41) is 71.7. The van der Waals surface area contributed by atoms with Crippen LogP contribution in [0.25, 0.3) is 0 Å². The fourth-order valence-corrected chi connectivity index (χ4v) is 4.20. The summed E-state index contributed by atoms with van der Waals surface area (Å²) in [6.45, 7) is 6.23. The topological polar surface area (TPSA) is 254 Å². The lowest BCUT2D eigenvalue weighted by atomic mass is 9.87. The second-order valence-electron chi connectivity index (χ2n) is 14.6. The van der Waals surface area contributed by atoms with E-state index in [1.807, 2.05) is 0 Å². The van der Waals surface area contributed by atoms with Crippen molar-refractivity contribution in [1.29, 1.82) is 0 Å². The smallest absolute Gasteiger partial charge is 0.314 e. The second kappa shape index (κ2) is 34.1. The van der Waals surface area contributed by atoms with Crippen LogP contribution in [0.15, 0.2) is 0 Å². The third-order valence-electron chi connectivity index (χ3n) is 8.35. The van der Waals surface area contributed by atoms with Crippen LogP contribution in [0, 0.1) is 10.8 Å². The number of quaternary nitrogens is 2. The molecule has 6 N–H and O–H groups in total. The molecule has 0 rings (SSSR count). The molecule has 0 aromatic heterocycles. The van der Waals surface area contributed by atoms with E-state index < -0.39 is 61.1 Å². The average molecular weight is 773 g/mol. The molecule has 16 nitrogen and oxygen atoms in total. The van der Waals surface area contributed by atoms with Crippen molar-refractivity contribution in [3.63, 3.8) is 0 Å². The first-order chi connectivity index (χ1) is 24.6. The van der Waals surface area contributed by atoms with Gasteiger partial charge in [0.1, 0.15) is 37.1 Å². The summed E-state index contributed by atoms with van der Waals surface area (Å²) in [5.41, 5.74) is -2.74. The first-order valence-electron chi connectivity index (χ1n) is 18.9. The predicted molar refractivity (Wildman–Crippen MR) is 196 cm³/mol. The Morgan fingerprint density at radius 2 is 0.830 bits per heavy atom. The SMILES string of the molecule is CC(CO)(CO)C(=O)O.CCC(CO)(CO)C(=O)O.CCCCCCCCCO[N+](C)(C)CC(=O)[O-].CCCCCCCCCO[N+](C)(C)CC(=O)[O-]. The Morgan fingerprint density at radius 3 is 1.00 bits per heavy atom. The van der Waals surface area contributed by atoms with Crippen LogP contribution >= 0.6 is 0 Å². The van der Waals surface area contributed by atoms with Gasteiger partial charge in [0.05, 0.1) is 66.6 Å². The number of carboxylic acid groups (broad SMARTS) is 4. The highest BCUT2D eigenvalue weighted by Gasteiger charge is 2.35. The van der Waals surface area contributed by atoms with Crippen molar-refractivity contribution >= 4 is 23.9 Å². The van der Waals surface area contributed by atoms with Crippen LogP contribution in [0.3, 0.4) is 0 Å². The van der Waals surface area contributed by atoms with E-state index in [1.165, 1.54) is 71.1 Å². The number of aliphatic hydroxyl groups excluding tert-OH is 4. The van der Waals surface area contributed by atoms with Crippen molar-refractivity contribution < 1.29 is 79.0 Å². The Kier molecular flexibility index (Phi) is 36.8. The monoisotopic (exact) mass is 773 g/mol. The van der Waals surface area contributed by atoms with E-state index in [0.29, 0.717) is 13.2 Å². The van der Waals surface area contributed by atoms with Crippen molar-refractivity contribution in [3.05, 3.63) is 0 Å². The number of hydroxylamine groups is 6. The Balaban J connectivity index is -0.000000314. The van der Waals surface area contributed by atoms with E-state index in [0.717, 1.165) is 25.7 Å². The number of carbonyl (C=O) groups is 4. The molecule has 0 aromatic carbocycles. The van der Waals surface area contributed by atoms with Gasteiger partial charge in [-0.3, -0.25) is 9.59 Å². The molecule has 318 valence electrons. The molecule has 0 atom stereocenters. The summed E-state index contributed by atoms with van der Waals surface area (Å²) >= 11 is 0. The third kappa shape index (κ3) is 35.0. The van der Waals surface area contributed by atoms with Gasteiger partial charge in [-0.2, -0.15) is 9.29 Å². The highest BCUT2D eigenvalue weighted by Crippen LogP contribution is 2.20. The molecule has 0 bridgehead atoms. The molecule has 0 saturated carbocycles. The molecule has 0 amide bonds. The van der Waals surface area contributed by atoms with Gasteiger partial charge >= 0.3 is 11.9 Å². The molecular formula is C37H76N2O14. The van der Waals surface area contributed by atoms with Gasteiger partial charge in [0.25, 0.3) is 0 Å². The van der Waals surface area contributed by atoms with Crippen molar-refractivity contribution in [3.8, 4) is 0 Å². The maximum atomic E-state index is 10.4. The lowest BCUT2D eigenvalue weighted by Gasteiger charge is -2.27. The van der Waals surface area contributed by atoms with Crippen LogP contribution in [-0.4, -0.2) is 145 Å². The van der Waals surface area contributed by atoms with Crippen LogP contribution in [0.2, 0.25) is 0 Å². The van der Waals surface area contributed by atoms with E-state index in [1.54, 1.807) is 35.1 Å². The predicted octanol–water partition coefficient (Wildman–Crippen LogP) is 1.50. The standard InChI is InChI=1S/2C13H27NO3.C6H12O4.C5H10O4/c2*1-4-5-6-7-8-9-10-11-17-14(2,3)12-13(15)16;1-2-6(3-7,4-8)5(9)10;1-5(2-6,3-7)4(8)9/h2*4-12H2,1-3H3;7-8H,2-4H2,1H3,(H,9,10);6-7H,2-3H2,1H3,(H,8,9). The van der Waals surface area contributed by atoms with Gasteiger partial charge in [0.2, 0.25) is 0 Å². The van der Waals surface area contributed by atoms with Gasteiger partial charge in [-0.15, -0.1) is 0 Å². The Morgan fingerprint density at radius 1 is 0.528 bits per heavy atom. The molecule has 0 aromatic rings. The number of nitrogens with zero attached hydrogens (tertiary/aromatic N) is 2. The van der Waals surface area contributed by atoms with E-state index in [2.05, 4.69) is 13.8 Å². The number of likely N-dealkylation sites (N-methyl/N-ethyl adjacent to an activating group) is 2. The molecule has 16 heteroatoms. The second-order valence-corrected chi connectivity index (χ2v) is 14.6. The minimum absolute atomic E-state index is 0.0398. The molecule has 0 unspecified atom stereocenters. The number of carboxylic acids is 4. The van der Waals surface area contributed by atoms with Gasteiger partial charge in [-0.1, -0.05) is 97.8 Å². The number of aliphatic hydroxyl groups is 4. The van der Waals surface area contributed by atoms with Crippen LogP contribution in [-0.2, 0) is 28.9 Å². The molecule has 53 heavy (non-hydrogen) atoms. The Hall–Kier alpha value is -2.44. The highest BCUT2D eigenvalue weighted by atomic mass is 16.7. The van der Waals surface area contributed by atoms with Crippen molar-refractivity contribution in [2.75, 3.05) is 80.9 Å². The summed E-state index contributed by atoms with van der Waals surface area (Å²) in [5.74, 6) is -4.49. The largest absolute Gasteiger partial charge is 0.544 e. The summed E-state index contributed by atoms with van der Waals surface area (Å²) in [7, 11) is 6.93. The molecule has 0 aliphatic rings. The summed E-state index contributed by atoms with van der Waals surface area (Å²) in [6.07, 6.45) is 17.5. The minimum Gasteiger partial charge on any atom is -0.544 e. The fraction of sp³-hybridized carbons (Fsp3) is 0.892. The molecule has 0 aliphatic heterocycles. The zero-order chi connectivity index (χ0) is 42.0. The number of unbranched alkanes of at least 4 members (excludes halogenated alkanes) is 12. The van der Waals surface area contributed by atoms with Crippen LogP contribution in [0.1, 0.15) is 124 Å². The number of aliphatic carboxylic acids is 4. The van der Waals surface area contributed by atoms with E-state index in [4.69, 9.17) is 40.3 Å². The lowest BCUT2D eigenvalue weighted by Crippen LogP contribution is -2.48. The van der Waals surface area contributed by atoms with Gasteiger partial charge < -0.3 is 50.4 Å². The fourth-order valence-electron chi connectivity index (χ4n) is 4.20. The van der Waals surface area contributed by atoms with Crippen molar-refractivity contribution in [1.82, 2.24) is 0 Å². The van der Waals surface area contributed by atoms with Gasteiger partial charge in [0, 0.05) is 0 Å². The summed E-state index contributed by atoms with van der Waals surface area (Å²) in [6, 6.07) is 0. The quantitative estimate of drug-likeness (QED) is 0.0358. The van der Waals surface area contributed by atoms with E-state index in [9.17, 15) is 29.4 Å². The number of hydrogen-bond acceptors (Lipinski definition) is 12. The highest BCUT2D eigenvalue weighted by molar-refractivity contribution is 5.75. The van der Waals surface area contributed by atoms with Gasteiger partial charge in [0.15, 0.2) is 0 Å². The van der Waals surface area contributed by atoms with E-state index in [-0.39, 0.29) is 28.8 Å². The molecule has 0 radical (unpaired) electrons. The Bertz CT molecular complexity index is 871. The van der Waals surface area contributed by atoms with Crippen molar-refractivity contribution in [2.24, 2.45) is 10.8 Å². The molecule has 0 aliphatic carbocycles. The third-order valence-corrected chi connectivity index (χ3v) is 8.35. The number of rotatable bonds is 29. The normalized spacial score (nSPS) is 11.6.